The third kappa shape index (κ3) is 2.39. The average Bonchev–Trinajstić information content (AvgIpc) is 2.39. The van der Waals surface area contributed by atoms with Crippen LogP contribution >= 0.6 is 0 Å². The molecule has 0 spiro atoms. The number of anilines is 1. The molecule has 100 valence electrons. The van der Waals surface area contributed by atoms with E-state index in [-0.39, 0.29) is 5.41 Å². The summed E-state index contributed by atoms with van der Waals surface area (Å²) < 4.78 is 0. The first-order valence-electron chi connectivity index (χ1n) is 7.07. The van der Waals surface area contributed by atoms with Crippen molar-refractivity contribution in [2.45, 2.75) is 44.4 Å². The lowest BCUT2D eigenvalue weighted by Crippen LogP contribution is -2.38. The summed E-state index contributed by atoms with van der Waals surface area (Å²) in [6.45, 7) is 2.95. The Morgan fingerprint density at radius 1 is 1.17 bits per heavy atom. The molecule has 1 aliphatic rings. The Bertz CT molecular complexity index is 404. The van der Waals surface area contributed by atoms with Gasteiger partial charge in [0.1, 0.15) is 0 Å². The maximum Gasteiger partial charge on any atom is 0.0399 e. The third-order valence-corrected chi connectivity index (χ3v) is 4.41. The Balaban J connectivity index is 2.49. The smallest absolute Gasteiger partial charge is 0.0399 e. The van der Waals surface area contributed by atoms with E-state index in [2.05, 4.69) is 44.1 Å². The number of benzene rings is 1. The lowest BCUT2D eigenvalue weighted by molar-refractivity contribution is 0.301. The van der Waals surface area contributed by atoms with Gasteiger partial charge in [0.2, 0.25) is 0 Å². The van der Waals surface area contributed by atoms with Gasteiger partial charge in [-0.1, -0.05) is 37.0 Å². The van der Waals surface area contributed by atoms with Gasteiger partial charge < -0.3 is 10.6 Å². The second kappa shape index (κ2) is 5.31. The highest BCUT2D eigenvalue weighted by Crippen LogP contribution is 2.42. The van der Waals surface area contributed by atoms with Gasteiger partial charge in [-0.25, -0.2) is 0 Å². The van der Waals surface area contributed by atoms with Crippen LogP contribution in [0.1, 0.15) is 43.2 Å². The minimum absolute atomic E-state index is 0.212. The van der Waals surface area contributed by atoms with Gasteiger partial charge in [-0.2, -0.15) is 0 Å². The van der Waals surface area contributed by atoms with E-state index >= 15 is 0 Å². The van der Waals surface area contributed by atoms with E-state index in [0.29, 0.717) is 0 Å². The van der Waals surface area contributed by atoms with Gasteiger partial charge in [-0.3, -0.25) is 0 Å². The second-order valence-corrected chi connectivity index (χ2v) is 5.96. The molecule has 0 heterocycles. The highest BCUT2D eigenvalue weighted by molar-refractivity contribution is 5.57. The summed E-state index contributed by atoms with van der Waals surface area (Å²) in [5, 5.41) is 0. The van der Waals surface area contributed by atoms with Crippen molar-refractivity contribution in [1.29, 1.82) is 0 Å². The van der Waals surface area contributed by atoms with Crippen molar-refractivity contribution < 1.29 is 0 Å². The summed E-state index contributed by atoms with van der Waals surface area (Å²) in [6, 6.07) is 6.80. The monoisotopic (exact) mass is 246 g/mol. The molecule has 0 aromatic heterocycles. The molecule has 0 bridgehead atoms. The number of hydrogen-bond donors (Lipinski definition) is 1. The standard InChI is InChI=1S/C16H26N2/c1-13-7-8-15(18(2)3)14(11-13)16(12-17)9-5-4-6-10-16/h7-8,11H,4-6,9-10,12,17H2,1-3H3. The number of nitrogens with zero attached hydrogens (tertiary/aromatic N) is 1. The van der Waals surface area contributed by atoms with Gasteiger partial charge in [-0.15, -0.1) is 0 Å². The normalized spacial score (nSPS) is 18.7. The summed E-state index contributed by atoms with van der Waals surface area (Å²) in [7, 11) is 4.25. The van der Waals surface area contributed by atoms with E-state index in [0.717, 1.165) is 6.54 Å². The van der Waals surface area contributed by atoms with Crippen LogP contribution in [-0.4, -0.2) is 20.6 Å². The zero-order chi connectivity index (χ0) is 13.2. The Kier molecular flexibility index (Phi) is 3.96. The Labute approximate surface area is 111 Å². The third-order valence-electron chi connectivity index (χ3n) is 4.41. The van der Waals surface area contributed by atoms with Gasteiger partial charge >= 0.3 is 0 Å². The predicted octanol–water partition coefficient (Wildman–Crippen LogP) is 3.22. The molecule has 0 aliphatic heterocycles. The first-order chi connectivity index (χ1) is 8.59. The van der Waals surface area contributed by atoms with E-state index in [1.807, 2.05) is 0 Å². The Hall–Kier alpha value is -1.02. The molecule has 2 heteroatoms. The van der Waals surface area contributed by atoms with E-state index in [1.165, 1.54) is 48.9 Å². The summed E-state index contributed by atoms with van der Waals surface area (Å²) in [4.78, 5) is 2.22. The highest BCUT2D eigenvalue weighted by atomic mass is 15.1. The van der Waals surface area contributed by atoms with Crippen LogP contribution in [0.4, 0.5) is 5.69 Å². The van der Waals surface area contributed by atoms with Gasteiger partial charge in [0.25, 0.3) is 0 Å². The first-order valence-corrected chi connectivity index (χ1v) is 7.07. The van der Waals surface area contributed by atoms with Crippen LogP contribution in [0, 0.1) is 6.92 Å². The van der Waals surface area contributed by atoms with Crippen molar-refractivity contribution in [2.24, 2.45) is 5.73 Å². The number of rotatable bonds is 3. The fourth-order valence-electron chi connectivity index (χ4n) is 3.28. The summed E-state index contributed by atoms with van der Waals surface area (Å²) >= 11 is 0. The summed E-state index contributed by atoms with van der Waals surface area (Å²) in [6.07, 6.45) is 6.49. The van der Waals surface area contributed by atoms with E-state index in [1.54, 1.807) is 0 Å². The van der Waals surface area contributed by atoms with Gasteiger partial charge in [0.05, 0.1) is 0 Å². The van der Waals surface area contributed by atoms with Crippen molar-refractivity contribution in [1.82, 2.24) is 0 Å². The van der Waals surface area contributed by atoms with Crippen LogP contribution in [-0.2, 0) is 5.41 Å². The minimum atomic E-state index is 0.212. The first kappa shape index (κ1) is 13.4. The largest absolute Gasteiger partial charge is 0.377 e. The summed E-state index contributed by atoms with van der Waals surface area (Å²) in [5.74, 6) is 0. The number of aryl methyl sites for hydroxylation is 1. The molecule has 1 aromatic rings. The molecular formula is C16H26N2. The molecule has 2 nitrogen and oxygen atoms in total. The zero-order valence-electron chi connectivity index (χ0n) is 12.0. The Morgan fingerprint density at radius 3 is 2.39 bits per heavy atom. The quantitative estimate of drug-likeness (QED) is 0.887. The van der Waals surface area contributed by atoms with Crippen LogP contribution in [0.2, 0.25) is 0 Å². The molecule has 1 aliphatic carbocycles. The predicted molar refractivity (Wildman–Crippen MR) is 79.3 cm³/mol. The van der Waals surface area contributed by atoms with Crippen molar-refractivity contribution in [2.75, 3.05) is 25.5 Å². The maximum atomic E-state index is 6.17. The van der Waals surface area contributed by atoms with Crippen LogP contribution in [0.15, 0.2) is 18.2 Å². The fourth-order valence-corrected chi connectivity index (χ4v) is 3.28. The summed E-state index contributed by atoms with van der Waals surface area (Å²) in [5.41, 5.74) is 10.5. The second-order valence-electron chi connectivity index (χ2n) is 5.96. The minimum Gasteiger partial charge on any atom is -0.377 e. The molecule has 1 aromatic carbocycles. The molecule has 1 saturated carbocycles. The SMILES string of the molecule is Cc1ccc(N(C)C)c(C2(CN)CCCCC2)c1. The number of hydrogen-bond acceptors (Lipinski definition) is 2. The zero-order valence-corrected chi connectivity index (χ0v) is 12.0. The molecule has 0 radical (unpaired) electrons. The lowest BCUT2D eigenvalue weighted by Gasteiger charge is -2.39. The lowest BCUT2D eigenvalue weighted by atomic mass is 9.68. The molecule has 0 amide bonds. The van der Waals surface area contributed by atoms with Crippen molar-refractivity contribution >= 4 is 5.69 Å². The van der Waals surface area contributed by atoms with E-state index < -0.39 is 0 Å². The van der Waals surface area contributed by atoms with Crippen LogP contribution in [0.3, 0.4) is 0 Å². The van der Waals surface area contributed by atoms with Gasteiger partial charge in [0.15, 0.2) is 0 Å². The van der Waals surface area contributed by atoms with Crippen LogP contribution < -0.4 is 10.6 Å². The van der Waals surface area contributed by atoms with Gasteiger partial charge in [0, 0.05) is 31.7 Å². The van der Waals surface area contributed by atoms with Crippen molar-refractivity contribution in [3.63, 3.8) is 0 Å². The molecule has 0 unspecified atom stereocenters. The van der Waals surface area contributed by atoms with Gasteiger partial charge in [-0.05, 0) is 31.4 Å². The molecule has 2 rings (SSSR count). The molecular weight excluding hydrogens is 220 g/mol. The van der Waals surface area contributed by atoms with E-state index in [9.17, 15) is 0 Å². The van der Waals surface area contributed by atoms with Crippen LogP contribution in [0.5, 0.6) is 0 Å². The number of nitrogens with two attached hydrogens (primary N) is 1. The molecule has 0 atom stereocenters. The molecule has 0 saturated heterocycles. The molecule has 18 heavy (non-hydrogen) atoms. The Morgan fingerprint density at radius 2 is 1.83 bits per heavy atom. The molecule has 1 fully saturated rings. The average molecular weight is 246 g/mol. The fraction of sp³-hybridized carbons (Fsp3) is 0.625. The van der Waals surface area contributed by atoms with E-state index in [4.69, 9.17) is 5.73 Å². The highest BCUT2D eigenvalue weighted by Gasteiger charge is 2.34. The molecule has 2 N–H and O–H groups in total. The topological polar surface area (TPSA) is 29.3 Å². The van der Waals surface area contributed by atoms with Crippen molar-refractivity contribution in [3.8, 4) is 0 Å². The van der Waals surface area contributed by atoms with Crippen LogP contribution in [0.25, 0.3) is 0 Å². The van der Waals surface area contributed by atoms with Crippen molar-refractivity contribution in [3.05, 3.63) is 29.3 Å². The maximum absolute atomic E-state index is 6.17.